The van der Waals surface area contributed by atoms with Crippen LogP contribution < -0.4 is 0 Å². The molecule has 0 saturated heterocycles. The summed E-state index contributed by atoms with van der Waals surface area (Å²) in [4.78, 5) is 25.3. The molecule has 0 aromatic rings. The predicted octanol–water partition coefficient (Wildman–Crippen LogP) is 2.93. The molecule has 8 atom stereocenters. The summed E-state index contributed by atoms with van der Waals surface area (Å²) < 4.78 is 17.2. The molecule has 5 rings (SSSR count). The fraction of sp³-hybridized carbons (Fsp3) is 0.833. The van der Waals surface area contributed by atoms with Crippen LogP contribution >= 0.6 is 11.6 Å². The minimum atomic E-state index is -2.64. The van der Waals surface area contributed by atoms with E-state index in [4.69, 9.17) is 11.6 Å². The van der Waals surface area contributed by atoms with Crippen molar-refractivity contribution in [2.24, 2.45) is 39.4 Å². The molecule has 0 amide bonds. The highest BCUT2D eigenvalue weighted by atomic mass is 35.5. The Morgan fingerprint density at radius 1 is 1.23 bits per heavy atom. The van der Waals surface area contributed by atoms with Gasteiger partial charge >= 0.3 is 0 Å². The van der Waals surface area contributed by atoms with E-state index in [0.717, 1.165) is 0 Å². The maximum Gasteiger partial charge on any atom is 0.229 e. The summed E-state index contributed by atoms with van der Waals surface area (Å²) in [6.45, 7) is 7.80. The molecule has 0 aromatic heterocycles. The van der Waals surface area contributed by atoms with Crippen molar-refractivity contribution in [3.05, 3.63) is 11.6 Å². The van der Waals surface area contributed by atoms with Gasteiger partial charge in [-0.05, 0) is 54.4 Å². The molecule has 7 heteroatoms. The van der Waals surface area contributed by atoms with E-state index in [1.165, 1.54) is 6.08 Å². The van der Waals surface area contributed by atoms with Crippen LogP contribution in [-0.2, 0) is 9.59 Å². The first-order chi connectivity index (χ1) is 14.2. The Bertz CT molecular complexity index is 929. The van der Waals surface area contributed by atoms with Crippen molar-refractivity contribution in [2.45, 2.75) is 77.4 Å². The van der Waals surface area contributed by atoms with Gasteiger partial charge in [0.2, 0.25) is 11.6 Å². The zero-order chi connectivity index (χ0) is 23.0. The molecule has 5 aliphatic carbocycles. The second-order valence-corrected chi connectivity index (χ2v) is 12.2. The van der Waals surface area contributed by atoms with Crippen LogP contribution in [-0.4, -0.2) is 50.3 Å². The Hall–Kier alpha value is -0.820. The first-order valence-electron chi connectivity index (χ1n) is 11.3. The predicted molar refractivity (Wildman–Crippen MR) is 112 cm³/mol. The molecule has 172 valence electrons. The van der Waals surface area contributed by atoms with E-state index in [0.29, 0.717) is 24.8 Å². The standard InChI is InChI=1S/C24H32ClFO5/c1-19(2)15-8-14-13-6-5-12-7-16(27)22(30,31)11-21(12,4)24(13,26)17(28)9-20(14,3)23(15,19)18(29)10-25/h7,13-15,17,28,30-31H,5-6,8-11H2,1-4H3/t13-,14-,15?,17?,20-,21-,23+,24?/m0/s1. The van der Waals surface area contributed by atoms with Crippen molar-refractivity contribution in [3.8, 4) is 0 Å². The summed E-state index contributed by atoms with van der Waals surface area (Å²) >= 11 is 6.05. The van der Waals surface area contributed by atoms with E-state index in [1.54, 1.807) is 6.92 Å². The van der Waals surface area contributed by atoms with Crippen LogP contribution in [0.4, 0.5) is 4.39 Å². The van der Waals surface area contributed by atoms with Crippen LogP contribution in [0.1, 0.15) is 59.8 Å². The van der Waals surface area contributed by atoms with E-state index in [1.807, 2.05) is 6.92 Å². The third kappa shape index (κ3) is 2.06. The zero-order valence-corrected chi connectivity index (χ0v) is 19.3. The first kappa shape index (κ1) is 22.0. The van der Waals surface area contributed by atoms with Gasteiger partial charge in [0.15, 0.2) is 5.78 Å². The Kier molecular flexibility index (Phi) is 4.12. The topological polar surface area (TPSA) is 94.8 Å². The number of rotatable bonds is 2. The molecule has 0 aliphatic heterocycles. The SMILES string of the molecule is CC1(C)C2C[C@H]3[C@@H]4CCC5=CC(=O)C(O)(O)C[C@]5(C)C4(F)C(O)C[C@]3(C)[C@@]21C(=O)CCl. The summed E-state index contributed by atoms with van der Waals surface area (Å²) in [5, 5.41) is 32.0. The number of aliphatic hydroxyl groups excluding tert-OH is 1. The van der Waals surface area contributed by atoms with Crippen molar-refractivity contribution < 1.29 is 29.3 Å². The maximum absolute atomic E-state index is 17.2. The highest BCUT2D eigenvalue weighted by molar-refractivity contribution is 6.29. The highest BCUT2D eigenvalue weighted by Crippen LogP contribution is 2.88. The lowest BCUT2D eigenvalue weighted by atomic mass is 9.42. The van der Waals surface area contributed by atoms with Crippen LogP contribution in [0, 0.1) is 39.4 Å². The summed E-state index contributed by atoms with van der Waals surface area (Å²) in [6, 6.07) is 0. The van der Waals surface area contributed by atoms with E-state index < -0.39 is 51.9 Å². The average molecular weight is 455 g/mol. The molecular weight excluding hydrogens is 423 g/mol. The van der Waals surface area contributed by atoms with E-state index in [9.17, 15) is 24.9 Å². The van der Waals surface area contributed by atoms with Gasteiger partial charge in [-0.3, -0.25) is 9.59 Å². The van der Waals surface area contributed by atoms with E-state index in [2.05, 4.69) is 13.8 Å². The minimum absolute atomic E-state index is 0.0108. The highest BCUT2D eigenvalue weighted by Gasteiger charge is 2.88. The zero-order valence-electron chi connectivity index (χ0n) is 18.5. The van der Waals surface area contributed by atoms with Gasteiger partial charge in [0, 0.05) is 23.2 Å². The summed E-state index contributed by atoms with van der Waals surface area (Å²) in [5.74, 6) is -4.12. The number of ketones is 2. The summed E-state index contributed by atoms with van der Waals surface area (Å²) in [7, 11) is 0. The molecule has 4 fully saturated rings. The van der Waals surface area contributed by atoms with Crippen molar-refractivity contribution in [1.82, 2.24) is 0 Å². The number of hydrogen-bond acceptors (Lipinski definition) is 5. The number of aliphatic hydroxyl groups is 3. The van der Waals surface area contributed by atoms with Gasteiger partial charge in [-0.2, -0.15) is 0 Å². The van der Waals surface area contributed by atoms with Crippen molar-refractivity contribution in [1.29, 1.82) is 0 Å². The molecule has 5 nitrogen and oxygen atoms in total. The lowest BCUT2D eigenvalue weighted by Gasteiger charge is -2.64. The van der Waals surface area contributed by atoms with Crippen molar-refractivity contribution in [2.75, 3.05) is 5.88 Å². The normalized spacial score (nSPS) is 53.6. The average Bonchev–Trinajstić information content (AvgIpc) is 3.01. The van der Waals surface area contributed by atoms with Gasteiger partial charge in [0.1, 0.15) is 5.67 Å². The third-order valence-electron chi connectivity index (χ3n) is 10.8. The van der Waals surface area contributed by atoms with Crippen LogP contribution in [0.2, 0.25) is 0 Å². The third-order valence-corrected chi connectivity index (χ3v) is 11.0. The number of Topliss-reactive ketones (excluding diaryl/α,β-unsaturated/α-hetero) is 1. The monoisotopic (exact) mass is 454 g/mol. The molecular formula is C24H32ClFO5. The molecule has 0 spiro atoms. The van der Waals surface area contributed by atoms with Crippen molar-refractivity contribution in [3.63, 3.8) is 0 Å². The Morgan fingerprint density at radius 2 is 1.87 bits per heavy atom. The Labute approximate surface area is 187 Å². The lowest BCUT2D eigenvalue weighted by molar-refractivity contribution is -0.246. The van der Waals surface area contributed by atoms with Gasteiger partial charge in [-0.25, -0.2) is 4.39 Å². The van der Waals surface area contributed by atoms with Crippen LogP contribution in [0.15, 0.2) is 11.6 Å². The quantitative estimate of drug-likeness (QED) is 0.440. The van der Waals surface area contributed by atoms with Gasteiger partial charge in [-0.1, -0.05) is 33.3 Å². The molecule has 3 N–H and O–H groups in total. The molecule has 0 radical (unpaired) electrons. The fourth-order valence-corrected chi connectivity index (χ4v) is 9.84. The maximum atomic E-state index is 17.2. The largest absolute Gasteiger partial charge is 0.390 e. The van der Waals surface area contributed by atoms with Gasteiger partial charge < -0.3 is 15.3 Å². The number of carbonyl (C=O) groups is 2. The van der Waals surface area contributed by atoms with Gasteiger partial charge in [0.25, 0.3) is 0 Å². The minimum Gasteiger partial charge on any atom is -0.390 e. The number of allylic oxidation sites excluding steroid dienone is 1. The molecule has 5 aliphatic rings. The van der Waals surface area contributed by atoms with Gasteiger partial charge in [0.05, 0.1) is 12.0 Å². The summed E-state index contributed by atoms with van der Waals surface area (Å²) in [6.07, 6.45) is 1.07. The number of hydrogen-bond donors (Lipinski definition) is 3. The van der Waals surface area contributed by atoms with Crippen LogP contribution in [0.25, 0.3) is 0 Å². The molecule has 4 saturated carbocycles. The molecule has 0 heterocycles. The first-order valence-corrected chi connectivity index (χ1v) is 11.9. The lowest BCUT2D eigenvalue weighted by Crippen LogP contribution is -2.70. The molecule has 0 bridgehead atoms. The number of carbonyl (C=O) groups excluding carboxylic acids is 2. The molecule has 3 unspecified atom stereocenters. The van der Waals surface area contributed by atoms with Crippen LogP contribution in [0.5, 0.6) is 0 Å². The second kappa shape index (κ2) is 5.81. The van der Waals surface area contributed by atoms with Crippen LogP contribution in [0.3, 0.4) is 0 Å². The van der Waals surface area contributed by atoms with E-state index >= 15 is 4.39 Å². The fourth-order valence-electron chi connectivity index (χ4n) is 9.63. The number of alkyl halides is 2. The summed E-state index contributed by atoms with van der Waals surface area (Å²) in [5.41, 5.74) is -4.40. The Balaban J connectivity index is 1.63. The smallest absolute Gasteiger partial charge is 0.229 e. The Morgan fingerprint density at radius 3 is 2.48 bits per heavy atom. The van der Waals surface area contributed by atoms with Crippen molar-refractivity contribution >= 4 is 23.2 Å². The number of fused-ring (bicyclic) bond motifs is 7. The second-order valence-electron chi connectivity index (χ2n) is 11.9. The number of halogens is 2. The molecule has 0 aromatic carbocycles. The molecule has 31 heavy (non-hydrogen) atoms. The van der Waals surface area contributed by atoms with Gasteiger partial charge in [-0.15, -0.1) is 11.6 Å². The van der Waals surface area contributed by atoms with E-state index in [-0.39, 0.29) is 35.3 Å².